The first-order valence-corrected chi connectivity index (χ1v) is 19.5. The molecule has 1 aromatic carbocycles. The first-order valence-electron chi connectivity index (χ1n) is 18.0. The number of hydrogen-bond donors (Lipinski definition) is 2. The Bertz CT molecular complexity index is 1900. The van der Waals surface area contributed by atoms with E-state index in [-0.39, 0.29) is 31.7 Å². The van der Waals surface area contributed by atoms with Crippen LogP contribution in [0.1, 0.15) is 80.1 Å². The Morgan fingerprint density at radius 2 is 1.74 bits per heavy atom. The van der Waals surface area contributed by atoms with Crippen molar-refractivity contribution in [1.82, 2.24) is 19.9 Å². The molecule has 3 amide bonds. The van der Waals surface area contributed by atoms with Crippen LogP contribution in [0.2, 0.25) is 0 Å². The van der Waals surface area contributed by atoms with Gasteiger partial charge in [-0.05, 0) is 96.4 Å². The average Bonchev–Trinajstić information content (AvgIpc) is 3.99. The number of ether oxygens (including phenoxy) is 4. The number of Topliss-reactive ketones (excluding diaryl/α,β-unsaturated/α-hetero) is 1. The molecule has 5 atom stereocenters. The Morgan fingerprint density at radius 3 is 2.33 bits per heavy atom. The van der Waals surface area contributed by atoms with Crippen molar-refractivity contribution < 1.29 is 51.3 Å². The molecule has 0 spiro atoms. The standard InChI is InChI=1S/C38H50N4O11S/c1-9-23-19-38(23,34(46)41-54(48,49)26-11-12-26)20-30(43)29-17-25(51-32-27-13-10-24(50-8)16-22(27)14-15-39-32)21-42(29)33(45)28(18-31(44)52-36(2,3)4)40-35(47)53-37(5,6)7/h9-10,13-16,23,25-26,28-29H,1,11-12,17-21H2,2-8H3,(H,40,47)(H,41,46)/t23-,25-,28+,29+,38-/m1/s1. The monoisotopic (exact) mass is 770 g/mol. The van der Waals surface area contributed by atoms with Gasteiger partial charge in [0.15, 0.2) is 5.78 Å². The molecule has 1 aliphatic heterocycles. The molecule has 2 aromatic rings. The van der Waals surface area contributed by atoms with Gasteiger partial charge in [0, 0.05) is 24.4 Å². The zero-order valence-electron chi connectivity index (χ0n) is 31.8. The Morgan fingerprint density at radius 1 is 1.06 bits per heavy atom. The van der Waals surface area contributed by atoms with E-state index in [4.69, 9.17) is 18.9 Å². The van der Waals surface area contributed by atoms with Gasteiger partial charge in [-0.25, -0.2) is 18.2 Å². The van der Waals surface area contributed by atoms with Gasteiger partial charge in [-0.2, -0.15) is 0 Å². The molecule has 5 rings (SSSR count). The van der Waals surface area contributed by atoms with Gasteiger partial charge in [0.05, 0.1) is 36.8 Å². The number of carbonyl (C=O) groups excluding carboxylic acids is 5. The van der Waals surface area contributed by atoms with E-state index in [1.54, 1.807) is 73.0 Å². The fraction of sp³-hybridized carbons (Fsp3) is 0.579. The summed E-state index contributed by atoms with van der Waals surface area (Å²) in [7, 11) is -2.36. The van der Waals surface area contributed by atoms with Gasteiger partial charge < -0.3 is 29.2 Å². The number of ketones is 1. The minimum absolute atomic E-state index is 0.0266. The summed E-state index contributed by atoms with van der Waals surface area (Å²) < 4.78 is 50.2. The van der Waals surface area contributed by atoms with Crippen LogP contribution in [0.4, 0.5) is 4.79 Å². The highest BCUT2D eigenvalue weighted by molar-refractivity contribution is 7.90. The van der Waals surface area contributed by atoms with E-state index < -0.39 is 92.1 Å². The lowest BCUT2D eigenvalue weighted by molar-refractivity contribution is -0.157. The Hall–Kier alpha value is -4.73. The Balaban J connectivity index is 1.46. The molecule has 54 heavy (non-hydrogen) atoms. The summed E-state index contributed by atoms with van der Waals surface area (Å²) in [5.41, 5.74) is -3.21. The second-order valence-corrected chi connectivity index (χ2v) is 18.2. The van der Waals surface area contributed by atoms with Gasteiger partial charge in [-0.3, -0.25) is 23.9 Å². The van der Waals surface area contributed by atoms with Crippen LogP contribution < -0.4 is 19.5 Å². The van der Waals surface area contributed by atoms with Crippen LogP contribution in [0.5, 0.6) is 11.6 Å². The number of pyridine rings is 1. The molecule has 2 saturated carbocycles. The maximum atomic E-state index is 14.5. The van der Waals surface area contributed by atoms with Crippen molar-refractivity contribution in [3.05, 3.63) is 43.1 Å². The molecule has 3 fully saturated rings. The molecule has 3 aliphatic rings. The molecule has 0 bridgehead atoms. The van der Waals surface area contributed by atoms with E-state index in [2.05, 4.69) is 21.6 Å². The summed E-state index contributed by atoms with van der Waals surface area (Å²) in [6.45, 7) is 13.5. The maximum absolute atomic E-state index is 14.5. The normalized spacial score (nSPS) is 23.2. The van der Waals surface area contributed by atoms with Crippen LogP contribution in [-0.2, 0) is 38.7 Å². The van der Waals surface area contributed by atoms with Gasteiger partial charge >= 0.3 is 12.1 Å². The number of nitrogens with one attached hydrogen (secondary N) is 2. The molecule has 1 aromatic heterocycles. The lowest BCUT2D eigenvalue weighted by Gasteiger charge is -2.30. The summed E-state index contributed by atoms with van der Waals surface area (Å²) in [5.74, 6) is -2.48. The first kappa shape index (κ1) is 40.5. The number of amides is 3. The van der Waals surface area contributed by atoms with Crippen LogP contribution in [0.25, 0.3) is 10.8 Å². The predicted molar refractivity (Wildman–Crippen MR) is 197 cm³/mol. The highest BCUT2D eigenvalue weighted by Crippen LogP contribution is 2.57. The number of methoxy groups -OCH3 is 1. The van der Waals surface area contributed by atoms with E-state index in [9.17, 15) is 32.4 Å². The summed E-state index contributed by atoms with van der Waals surface area (Å²) in [6, 6.07) is 4.43. The zero-order chi connectivity index (χ0) is 39.8. The van der Waals surface area contributed by atoms with Crippen molar-refractivity contribution >= 4 is 50.5 Å². The lowest BCUT2D eigenvalue weighted by Crippen LogP contribution is -2.54. The number of nitrogens with zero attached hydrogens (tertiary/aromatic N) is 2. The van der Waals surface area contributed by atoms with Crippen molar-refractivity contribution in [2.45, 2.75) is 115 Å². The Kier molecular flexibility index (Phi) is 11.4. The minimum atomic E-state index is -3.91. The Labute approximate surface area is 315 Å². The van der Waals surface area contributed by atoms with Gasteiger partial charge in [0.2, 0.25) is 27.7 Å². The van der Waals surface area contributed by atoms with Crippen molar-refractivity contribution in [1.29, 1.82) is 0 Å². The van der Waals surface area contributed by atoms with Crippen LogP contribution in [-0.4, -0.2) is 96.3 Å². The van der Waals surface area contributed by atoms with Crippen LogP contribution in [0.3, 0.4) is 0 Å². The summed E-state index contributed by atoms with van der Waals surface area (Å²) in [6.07, 6.45) is 1.41. The third-order valence-electron chi connectivity index (χ3n) is 9.47. The molecule has 1 saturated heterocycles. The largest absolute Gasteiger partial charge is 0.497 e. The molecule has 16 heteroatoms. The molecule has 2 aliphatic carbocycles. The second kappa shape index (κ2) is 15.2. The quantitative estimate of drug-likeness (QED) is 0.208. The molecular formula is C38H50N4O11S. The van der Waals surface area contributed by atoms with Crippen LogP contribution in [0.15, 0.2) is 43.1 Å². The van der Waals surface area contributed by atoms with Gasteiger partial charge in [0.25, 0.3) is 0 Å². The van der Waals surface area contributed by atoms with Crippen LogP contribution in [0, 0.1) is 11.3 Å². The van der Waals surface area contributed by atoms with Crippen LogP contribution >= 0.6 is 0 Å². The minimum Gasteiger partial charge on any atom is -0.497 e. The number of alkyl carbamates (subject to hydrolysis) is 1. The number of likely N-dealkylation sites (tertiary alicyclic amines) is 1. The zero-order valence-corrected chi connectivity index (χ0v) is 32.6. The van der Waals surface area contributed by atoms with E-state index in [1.807, 2.05) is 6.07 Å². The predicted octanol–water partition coefficient (Wildman–Crippen LogP) is 3.98. The molecule has 0 unspecified atom stereocenters. The molecular weight excluding hydrogens is 721 g/mol. The topological polar surface area (TPSA) is 197 Å². The third-order valence-corrected chi connectivity index (χ3v) is 11.3. The van der Waals surface area contributed by atoms with Crippen molar-refractivity contribution in [3.8, 4) is 11.6 Å². The summed E-state index contributed by atoms with van der Waals surface area (Å²) in [4.78, 5) is 74.1. The van der Waals surface area contributed by atoms with E-state index in [1.165, 1.54) is 11.0 Å². The number of hydrogen-bond acceptors (Lipinski definition) is 12. The summed E-state index contributed by atoms with van der Waals surface area (Å²) >= 11 is 0. The fourth-order valence-corrected chi connectivity index (χ4v) is 8.03. The second-order valence-electron chi connectivity index (χ2n) is 16.2. The fourth-order valence-electron chi connectivity index (χ4n) is 6.65. The number of rotatable bonds is 14. The number of carbonyl (C=O) groups is 5. The number of fused-ring (bicyclic) bond motifs is 1. The molecule has 2 heterocycles. The van der Waals surface area contributed by atoms with Gasteiger partial charge in [-0.15, -0.1) is 6.58 Å². The molecule has 0 radical (unpaired) electrons. The number of sulfonamides is 1. The highest BCUT2D eigenvalue weighted by Gasteiger charge is 2.61. The third kappa shape index (κ3) is 9.68. The van der Waals surface area contributed by atoms with Crippen molar-refractivity contribution in [2.24, 2.45) is 11.3 Å². The first-order chi connectivity index (χ1) is 25.1. The van der Waals surface area contributed by atoms with Gasteiger partial charge in [-0.1, -0.05) is 6.08 Å². The highest BCUT2D eigenvalue weighted by atomic mass is 32.2. The SMILES string of the molecule is C=C[C@@H]1C[C@]1(CC(=O)[C@@H]1C[C@@H](Oc2nccc3cc(OC)ccc23)CN1C(=O)[C@H](CC(=O)OC(C)(C)C)NC(=O)OC(C)(C)C)C(=O)NS(=O)(=O)C1CC1. The van der Waals surface area contributed by atoms with E-state index in [0.29, 0.717) is 24.0 Å². The lowest BCUT2D eigenvalue weighted by atomic mass is 9.91. The maximum Gasteiger partial charge on any atom is 0.408 e. The van der Waals surface area contributed by atoms with Gasteiger partial charge in [0.1, 0.15) is 29.1 Å². The van der Waals surface area contributed by atoms with Crippen molar-refractivity contribution in [2.75, 3.05) is 13.7 Å². The molecule has 2 N–H and O–H groups in total. The number of aromatic nitrogens is 1. The van der Waals surface area contributed by atoms with E-state index in [0.717, 1.165) is 5.39 Å². The summed E-state index contributed by atoms with van der Waals surface area (Å²) in [5, 5.41) is 3.26. The number of allylic oxidation sites excluding steroid dienone is 1. The number of esters is 1. The number of benzene rings is 1. The molecule has 294 valence electrons. The average molecular weight is 771 g/mol. The smallest absolute Gasteiger partial charge is 0.408 e. The molecule has 15 nitrogen and oxygen atoms in total. The van der Waals surface area contributed by atoms with Crippen molar-refractivity contribution in [3.63, 3.8) is 0 Å². The van der Waals surface area contributed by atoms with E-state index >= 15 is 0 Å².